The van der Waals surface area contributed by atoms with Crippen LogP contribution >= 0.6 is 11.3 Å². The first-order chi connectivity index (χ1) is 17.5. The predicted octanol–water partition coefficient (Wildman–Crippen LogP) is 4.32. The number of amides is 1. The number of nitrogen functional groups attached to an aromatic ring is 1. The summed E-state index contributed by atoms with van der Waals surface area (Å²) in [6.07, 6.45) is 3.56. The third-order valence-corrected chi connectivity index (χ3v) is 6.59. The maximum Gasteiger partial charge on any atom is 0.262 e. The monoisotopic (exact) mass is 493 g/mol. The van der Waals surface area contributed by atoms with Crippen molar-refractivity contribution in [2.24, 2.45) is 15.9 Å². The first kappa shape index (κ1) is 23.0. The van der Waals surface area contributed by atoms with E-state index in [0.717, 1.165) is 45.1 Å². The van der Waals surface area contributed by atoms with Crippen LogP contribution in [0, 0.1) is 6.92 Å². The molecule has 2 aromatic heterocycles. The van der Waals surface area contributed by atoms with Crippen molar-refractivity contribution in [3.63, 3.8) is 0 Å². The second-order valence-electron chi connectivity index (χ2n) is 8.06. The molecule has 0 fully saturated rings. The van der Waals surface area contributed by atoms with Crippen molar-refractivity contribution in [3.8, 4) is 22.6 Å². The van der Waals surface area contributed by atoms with Crippen LogP contribution in [0.3, 0.4) is 0 Å². The van der Waals surface area contributed by atoms with Gasteiger partial charge in [-0.3, -0.25) is 9.36 Å². The summed E-state index contributed by atoms with van der Waals surface area (Å²) in [5, 5.41) is 13.6. The van der Waals surface area contributed by atoms with Gasteiger partial charge in [-0.2, -0.15) is 10.2 Å². The van der Waals surface area contributed by atoms with Gasteiger partial charge in [0.1, 0.15) is 16.4 Å². The van der Waals surface area contributed by atoms with Gasteiger partial charge in [0.2, 0.25) is 4.80 Å². The lowest BCUT2D eigenvalue weighted by Crippen LogP contribution is -2.16. The molecule has 0 atom stereocenters. The summed E-state index contributed by atoms with van der Waals surface area (Å²) in [5.74, 6) is -0.386. The number of carbonyl (C=O) groups excluding carboxylic acids is 1. The first-order valence-corrected chi connectivity index (χ1v) is 12.0. The summed E-state index contributed by atoms with van der Waals surface area (Å²) in [5.41, 5.74) is 17.2. The molecule has 4 N–H and O–H groups in total. The normalized spacial score (nSPS) is 11.9. The van der Waals surface area contributed by atoms with Gasteiger partial charge in [-0.25, -0.2) is 4.68 Å². The van der Waals surface area contributed by atoms with E-state index in [9.17, 15) is 4.79 Å². The molecular weight excluding hydrogens is 470 g/mol. The quantitative estimate of drug-likeness (QED) is 0.271. The van der Waals surface area contributed by atoms with E-state index in [1.807, 2.05) is 103 Å². The van der Waals surface area contributed by atoms with Crippen molar-refractivity contribution in [1.29, 1.82) is 0 Å². The number of hydrogen-bond donors (Lipinski definition) is 2. The third kappa shape index (κ3) is 4.59. The third-order valence-electron chi connectivity index (χ3n) is 5.52. The van der Waals surface area contributed by atoms with E-state index in [1.54, 1.807) is 10.8 Å². The Morgan fingerprint density at radius 3 is 2.22 bits per heavy atom. The van der Waals surface area contributed by atoms with Gasteiger partial charge >= 0.3 is 0 Å². The van der Waals surface area contributed by atoms with Crippen molar-refractivity contribution in [1.82, 2.24) is 14.3 Å². The van der Waals surface area contributed by atoms with Crippen molar-refractivity contribution in [2.45, 2.75) is 6.92 Å². The average molecular weight is 494 g/mol. The Hall–Kier alpha value is -4.76. The number of aryl methyl sites for hydroxylation is 1. The molecule has 3 aromatic carbocycles. The highest BCUT2D eigenvalue weighted by Gasteiger charge is 2.16. The standard InChI is InChI=1S/C27H23N7OS/c1-18-12-14-19(15-13-18)23-20(17-33(32-23)21-8-4-2-5-9-21)16-30-31-27-34(22-10-6-3-7-11-22)25(28)24(36-27)26(29)35/h2-17H,28H2,1H3,(H2,29,35). The summed E-state index contributed by atoms with van der Waals surface area (Å²) < 4.78 is 3.48. The fraction of sp³-hybridized carbons (Fsp3) is 0.0370. The lowest BCUT2D eigenvalue weighted by Gasteiger charge is -2.05. The van der Waals surface area contributed by atoms with Gasteiger partial charge in [-0.05, 0) is 31.2 Å². The number of hydrogen-bond acceptors (Lipinski definition) is 6. The van der Waals surface area contributed by atoms with E-state index in [-0.39, 0.29) is 10.7 Å². The van der Waals surface area contributed by atoms with Gasteiger partial charge in [-0.1, -0.05) is 77.6 Å². The Kier molecular flexibility index (Phi) is 6.29. The van der Waals surface area contributed by atoms with Crippen LogP contribution in [-0.4, -0.2) is 26.5 Å². The molecule has 0 radical (unpaired) electrons. The fourth-order valence-corrected chi connectivity index (χ4v) is 4.60. The van der Waals surface area contributed by atoms with Crippen LogP contribution in [0.2, 0.25) is 0 Å². The maximum atomic E-state index is 11.9. The van der Waals surface area contributed by atoms with Crippen LogP contribution in [-0.2, 0) is 0 Å². The molecule has 1 amide bonds. The number of nitrogens with zero attached hydrogens (tertiary/aromatic N) is 5. The molecule has 0 aliphatic rings. The molecule has 0 aliphatic carbocycles. The highest BCUT2D eigenvalue weighted by molar-refractivity contribution is 7.12. The molecule has 0 spiro atoms. The van der Waals surface area contributed by atoms with Crippen LogP contribution in [0.4, 0.5) is 5.82 Å². The zero-order valence-electron chi connectivity index (χ0n) is 19.4. The molecule has 0 aliphatic heterocycles. The minimum atomic E-state index is -0.613. The van der Waals surface area contributed by atoms with Crippen LogP contribution in [0.5, 0.6) is 0 Å². The zero-order chi connectivity index (χ0) is 25.1. The molecule has 0 unspecified atom stereocenters. The summed E-state index contributed by atoms with van der Waals surface area (Å²) in [6, 6.07) is 27.4. The number of anilines is 1. The summed E-state index contributed by atoms with van der Waals surface area (Å²) in [7, 11) is 0. The van der Waals surface area contributed by atoms with Gasteiger partial charge in [0.25, 0.3) is 5.91 Å². The smallest absolute Gasteiger partial charge is 0.262 e. The van der Waals surface area contributed by atoms with Gasteiger partial charge in [-0.15, -0.1) is 5.10 Å². The number of rotatable bonds is 6. The molecule has 8 nitrogen and oxygen atoms in total. The number of nitrogens with two attached hydrogens (primary N) is 2. The molecule has 2 heterocycles. The first-order valence-electron chi connectivity index (χ1n) is 11.2. The van der Waals surface area contributed by atoms with Crippen LogP contribution in [0.15, 0.2) is 101 Å². The molecule has 5 rings (SSSR count). The van der Waals surface area contributed by atoms with E-state index >= 15 is 0 Å². The van der Waals surface area contributed by atoms with E-state index in [2.05, 4.69) is 10.2 Å². The Labute approximate surface area is 211 Å². The lowest BCUT2D eigenvalue weighted by atomic mass is 10.1. The van der Waals surface area contributed by atoms with Gasteiger partial charge < -0.3 is 11.5 Å². The Morgan fingerprint density at radius 2 is 1.58 bits per heavy atom. The highest BCUT2D eigenvalue weighted by atomic mass is 32.1. The Morgan fingerprint density at radius 1 is 0.944 bits per heavy atom. The molecule has 36 heavy (non-hydrogen) atoms. The van der Waals surface area contributed by atoms with Crippen molar-refractivity contribution in [3.05, 3.63) is 112 Å². The SMILES string of the molecule is Cc1ccc(-c2nn(-c3ccccc3)cc2C=NN=c2sc(C(N)=O)c(N)n2-c2ccccc2)cc1. The zero-order valence-corrected chi connectivity index (χ0v) is 20.3. The summed E-state index contributed by atoms with van der Waals surface area (Å²) in [4.78, 5) is 12.6. The van der Waals surface area contributed by atoms with E-state index in [4.69, 9.17) is 16.6 Å². The minimum absolute atomic E-state index is 0.227. The van der Waals surface area contributed by atoms with Gasteiger partial charge in [0.05, 0.1) is 11.9 Å². The minimum Gasteiger partial charge on any atom is -0.383 e. The Balaban J connectivity index is 1.61. The molecule has 0 saturated carbocycles. The van der Waals surface area contributed by atoms with E-state index in [0.29, 0.717) is 4.80 Å². The molecule has 9 heteroatoms. The number of primary amides is 1. The molecule has 5 aromatic rings. The van der Waals surface area contributed by atoms with Crippen molar-refractivity contribution >= 4 is 29.3 Å². The molecule has 0 bridgehead atoms. The van der Waals surface area contributed by atoms with Crippen LogP contribution < -0.4 is 16.3 Å². The van der Waals surface area contributed by atoms with Crippen LogP contribution in [0.25, 0.3) is 22.6 Å². The summed E-state index contributed by atoms with van der Waals surface area (Å²) >= 11 is 1.09. The van der Waals surface area contributed by atoms with Gasteiger partial charge in [0.15, 0.2) is 0 Å². The summed E-state index contributed by atoms with van der Waals surface area (Å²) in [6.45, 7) is 2.04. The number of benzene rings is 3. The van der Waals surface area contributed by atoms with Crippen molar-refractivity contribution in [2.75, 3.05) is 5.73 Å². The fourth-order valence-electron chi connectivity index (χ4n) is 3.73. The van der Waals surface area contributed by atoms with E-state index < -0.39 is 5.91 Å². The second kappa shape index (κ2) is 9.85. The van der Waals surface area contributed by atoms with Gasteiger partial charge in [0, 0.05) is 23.0 Å². The second-order valence-corrected chi connectivity index (χ2v) is 9.04. The van der Waals surface area contributed by atoms with Crippen molar-refractivity contribution < 1.29 is 4.79 Å². The Bertz CT molecular complexity index is 1610. The average Bonchev–Trinajstić information content (AvgIpc) is 3.47. The highest BCUT2D eigenvalue weighted by Crippen LogP contribution is 2.23. The number of aromatic nitrogens is 3. The maximum absolute atomic E-state index is 11.9. The molecule has 178 valence electrons. The van der Waals surface area contributed by atoms with E-state index in [1.165, 1.54) is 0 Å². The number of carbonyl (C=O) groups is 1. The number of para-hydroxylation sites is 2. The molecular formula is C27H23N7OS. The lowest BCUT2D eigenvalue weighted by molar-refractivity contribution is 0.100. The number of thiazole rings is 1. The molecule has 0 saturated heterocycles. The topological polar surface area (TPSA) is 117 Å². The predicted molar refractivity (Wildman–Crippen MR) is 143 cm³/mol. The van der Waals surface area contributed by atoms with Crippen LogP contribution in [0.1, 0.15) is 20.8 Å². The largest absolute Gasteiger partial charge is 0.383 e.